The maximum atomic E-state index is 11.9. The first-order chi connectivity index (χ1) is 9.93. The molecular formula is C13H16N2O5S. The lowest BCUT2D eigenvalue weighted by Gasteiger charge is -2.21. The Hall–Kier alpha value is -1.80. The molecule has 0 saturated carbocycles. The molecule has 0 radical (unpaired) electrons. The van der Waals surface area contributed by atoms with Crippen LogP contribution in [0.15, 0.2) is 18.2 Å². The molecule has 0 aliphatic carbocycles. The number of nitrogens with two attached hydrogens (primary N) is 1. The van der Waals surface area contributed by atoms with Gasteiger partial charge in [0, 0.05) is 19.5 Å². The van der Waals surface area contributed by atoms with Crippen molar-refractivity contribution in [1.29, 1.82) is 0 Å². The summed E-state index contributed by atoms with van der Waals surface area (Å²) < 4.78 is 33.6. The molecule has 21 heavy (non-hydrogen) atoms. The lowest BCUT2D eigenvalue weighted by molar-refractivity contribution is -0.128. The Morgan fingerprint density at radius 3 is 2.62 bits per heavy atom. The number of primary sulfonamides is 1. The van der Waals surface area contributed by atoms with Gasteiger partial charge < -0.3 is 14.4 Å². The average Bonchev–Trinajstić information content (AvgIpc) is 2.80. The molecule has 1 saturated heterocycles. The molecule has 2 aliphatic heterocycles. The minimum atomic E-state index is -3.68. The number of likely N-dealkylation sites (tertiary alicyclic amines) is 1. The molecule has 1 aromatic rings. The molecule has 1 fully saturated rings. The molecule has 0 spiro atoms. The van der Waals surface area contributed by atoms with Gasteiger partial charge in [-0.05, 0) is 17.7 Å². The van der Waals surface area contributed by atoms with E-state index in [1.807, 2.05) is 12.1 Å². The van der Waals surface area contributed by atoms with Gasteiger partial charge >= 0.3 is 0 Å². The highest BCUT2D eigenvalue weighted by molar-refractivity contribution is 7.89. The normalized spacial score (nSPS) is 21.7. The molecule has 8 heteroatoms. The third-order valence-corrected chi connectivity index (χ3v) is 4.87. The van der Waals surface area contributed by atoms with Crippen molar-refractivity contribution in [2.75, 3.05) is 19.8 Å². The summed E-state index contributed by atoms with van der Waals surface area (Å²) in [5.74, 6) is 1.12. The molecule has 1 amide bonds. The molecule has 2 N–H and O–H groups in total. The van der Waals surface area contributed by atoms with Gasteiger partial charge in [0.1, 0.15) is 18.5 Å². The number of amides is 1. The zero-order valence-electron chi connectivity index (χ0n) is 11.3. The summed E-state index contributed by atoms with van der Waals surface area (Å²) in [6.07, 6.45) is -0.0522. The monoisotopic (exact) mass is 312 g/mol. The molecule has 0 bridgehead atoms. The van der Waals surface area contributed by atoms with Gasteiger partial charge in [0.25, 0.3) is 0 Å². The van der Waals surface area contributed by atoms with Crippen LogP contribution >= 0.6 is 0 Å². The Morgan fingerprint density at radius 1 is 1.24 bits per heavy atom. The number of carbonyl (C=O) groups is 1. The van der Waals surface area contributed by atoms with Gasteiger partial charge in [-0.2, -0.15) is 0 Å². The van der Waals surface area contributed by atoms with Crippen molar-refractivity contribution in [2.24, 2.45) is 5.14 Å². The number of hydrogen-bond donors (Lipinski definition) is 1. The average molecular weight is 312 g/mol. The van der Waals surface area contributed by atoms with Crippen LogP contribution in [0.3, 0.4) is 0 Å². The van der Waals surface area contributed by atoms with Crippen LogP contribution in [0, 0.1) is 0 Å². The van der Waals surface area contributed by atoms with E-state index in [-0.39, 0.29) is 18.9 Å². The molecule has 1 aromatic carbocycles. The number of hydrogen-bond acceptors (Lipinski definition) is 5. The summed E-state index contributed by atoms with van der Waals surface area (Å²) >= 11 is 0. The first-order valence-electron chi connectivity index (χ1n) is 6.61. The predicted molar refractivity (Wildman–Crippen MR) is 74.4 cm³/mol. The lowest BCUT2D eigenvalue weighted by atomic mass is 10.2. The van der Waals surface area contributed by atoms with E-state index < -0.39 is 15.3 Å². The topological polar surface area (TPSA) is 98.9 Å². The van der Waals surface area contributed by atoms with E-state index >= 15 is 0 Å². The number of rotatable bonds is 3. The Balaban J connectivity index is 1.74. The largest absolute Gasteiger partial charge is 0.486 e. The first kappa shape index (κ1) is 14.2. The van der Waals surface area contributed by atoms with Crippen molar-refractivity contribution in [3.63, 3.8) is 0 Å². The van der Waals surface area contributed by atoms with E-state index in [1.165, 1.54) is 4.90 Å². The number of ether oxygens (including phenoxy) is 2. The minimum absolute atomic E-state index is 0.0522. The Labute approximate surface area is 122 Å². The molecule has 3 rings (SSSR count). The highest BCUT2D eigenvalue weighted by Gasteiger charge is 2.36. The minimum Gasteiger partial charge on any atom is -0.486 e. The van der Waals surface area contributed by atoms with Crippen molar-refractivity contribution in [3.05, 3.63) is 23.8 Å². The van der Waals surface area contributed by atoms with E-state index in [1.54, 1.807) is 6.07 Å². The number of fused-ring (bicyclic) bond motifs is 1. The Bertz CT molecular complexity index is 673. The van der Waals surface area contributed by atoms with Gasteiger partial charge in [-0.3, -0.25) is 4.79 Å². The van der Waals surface area contributed by atoms with Gasteiger partial charge in [-0.25, -0.2) is 13.6 Å². The van der Waals surface area contributed by atoms with E-state index in [0.29, 0.717) is 31.3 Å². The second-order valence-electron chi connectivity index (χ2n) is 5.17. The zero-order valence-corrected chi connectivity index (χ0v) is 12.1. The van der Waals surface area contributed by atoms with Gasteiger partial charge in [0.05, 0.1) is 0 Å². The van der Waals surface area contributed by atoms with Crippen LogP contribution in [0.2, 0.25) is 0 Å². The van der Waals surface area contributed by atoms with Crippen molar-refractivity contribution < 1.29 is 22.7 Å². The van der Waals surface area contributed by atoms with Crippen molar-refractivity contribution >= 4 is 15.9 Å². The Morgan fingerprint density at radius 2 is 1.95 bits per heavy atom. The van der Waals surface area contributed by atoms with Gasteiger partial charge in [0.2, 0.25) is 15.9 Å². The first-order valence-corrected chi connectivity index (χ1v) is 8.22. The maximum Gasteiger partial charge on any atom is 0.224 e. The summed E-state index contributed by atoms with van der Waals surface area (Å²) in [6, 6.07) is 5.44. The van der Waals surface area contributed by atoms with Crippen LogP contribution in [-0.4, -0.2) is 44.2 Å². The number of nitrogens with zero attached hydrogens (tertiary/aromatic N) is 1. The molecule has 2 aliphatic rings. The van der Waals surface area contributed by atoms with E-state index in [9.17, 15) is 13.2 Å². The quantitative estimate of drug-likeness (QED) is 0.836. The van der Waals surface area contributed by atoms with Crippen LogP contribution in [0.1, 0.15) is 12.0 Å². The van der Waals surface area contributed by atoms with Crippen molar-refractivity contribution in [3.8, 4) is 11.5 Å². The lowest BCUT2D eigenvalue weighted by Crippen LogP contribution is -2.31. The predicted octanol–water partition coefficient (Wildman–Crippen LogP) is -0.153. The van der Waals surface area contributed by atoms with E-state index in [2.05, 4.69) is 0 Å². The zero-order chi connectivity index (χ0) is 15.0. The highest BCUT2D eigenvalue weighted by Crippen LogP contribution is 2.31. The smallest absolute Gasteiger partial charge is 0.224 e. The van der Waals surface area contributed by atoms with E-state index in [4.69, 9.17) is 14.6 Å². The molecular weight excluding hydrogens is 296 g/mol. The van der Waals surface area contributed by atoms with Gasteiger partial charge in [-0.15, -0.1) is 0 Å². The standard InChI is InChI=1S/C13H16N2O5S/c14-21(17,18)10-6-13(16)15(8-10)7-9-1-2-11-12(5-9)20-4-3-19-11/h1-2,5,10H,3-4,6-8H2,(H2,14,17,18). The van der Waals surface area contributed by atoms with Crippen molar-refractivity contribution in [1.82, 2.24) is 4.90 Å². The molecule has 114 valence electrons. The summed E-state index contributed by atoms with van der Waals surface area (Å²) in [4.78, 5) is 13.4. The fraction of sp³-hybridized carbons (Fsp3) is 0.462. The number of sulfonamides is 1. The molecule has 0 aromatic heterocycles. The van der Waals surface area contributed by atoms with Crippen LogP contribution in [-0.2, 0) is 21.4 Å². The van der Waals surface area contributed by atoms with Crippen LogP contribution in [0.4, 0.5) is 0 Å². The van der Waals surface area contributed by atoms with Crippen LogP contribution < -0.4 is 14.6 Å². The third-order valence-electron chi connectivity index (χ3n) is 3.62. The van der Waals surface area contributed by atoms with Crippen LogP contribution in [0.25, 0.3) is 0 Å². The van der Waals surface area contributed by atoms with Crippen molar-refractivity contribution in [2.45, 2.75) is 18.2 Å². The maximum absolute atomic E-state index is 11.9. The molecule has 7 nitrogen and oxygen atoms in total. The SMILES string of the molecule is NS(=O)(=O)C1CC(=O)N(Cc2ccc3c(c2)OCCO3)C1. The summed E-state index contributed by atoms with van der Waals surface area (Å²) in [6.45, 7) is 1.48. The molecule has 2 heterocycles. The number of benzene rings is 1. The second-order valence-corrected chi connectivity index (χ2v) is 7.01. The summed E-state index contributed by atoms with van der Waals surface area (Å²) in [5, 5.41) is 4.29. The summed E-state index contributed by atoms with van der Waals surface area (Å²) in [7, 11) is -3.68. The Kier molecular flexibility index (Phi) is 3.50. The molecule has 1 unspecified atom stereocenters. The van der Waals surface area contributed by atoms with Crippen LogP contribution in [0.5, 0.6) is 11.5 Å². The number of carbonyl (C=O) groups excluding carboxylic acids is 1. The van der Waals surface area contributed by atoms with Gasteiger partial charge in [0.15, 0.2) is 11.5 Å². The highest BCUT2D eigenvalue weighted by atomic mass is 32.2. The van der Waals surface area contributed by atoms with E-state index in [0.717, 1.165) is 5.56 Å². The summed E-state index contributed by atoms with van der Waals surface area (Å²) in [5.41, 5.74) is 0.864. The fourth-order valence-electron chi connectivity index (χ4n) is 2.52. The third kappa shape index (κ3) is 2.96. The fourth-order valence-corrected chi connectivity index (χ4v) is 3.28. The van der Waals surface area contributed by atoms with Gasteiger partial charge in [-0.1, -0.05) is 6.07 Å². The second kappa shape index (κ2) is 5.19. The molecule has 1 atom stereocenters.